The van der Waals surface area contributed by atoms with E-state index in [-0.39, 0.29) is 0 Å². The van der Waals surface area contributed by atoms with E-state index in [0.717, 1.165) is 54.7 Å². The Hall–Kier alpha value is -2.52. The summed E-state index contributed by atoms with van der Waals surface area (Å²) >= 11 is 1.54. The normalized spacial score (nSPS) is 18.2. The van der Waals surface area contributed by atoms with E-state index in [1.165, 1.54) is 31.4 Å². The van der Waals surface area contributed by atoms with E-state index in [4.69, 9.17) is 9.97 Å². The Morgan fingerprint density at radius 2 is 1.76 bits per heavy atom. The number of aromatic nitrogens is 3. The molecule has 3 aromatic rings. The molecular weight excluding hydrogens is 459 g/mol. The topological polar surface area (TPSA) is 62.7 Å². The number of rotatable bonds is 5. The highest BCUT2D eigenvalue weighted by Crippen LogP contribution is 2.42. The number of hydrogen-bond donors (Lipinski definition) is 2. The van der Waals surface area contributed by atoms with E-state index < -0.39 is 11.7 Å². The van der Waals surface area contributed by atoms with Crippen LogP contribution in [-0.4, -0.2) is 34.1 Å². The van der Waals surface area contributed by atoms with Crippen LogP contribution in [0.4, 0.5) is 19.1 Å². The van der Waals surface area contributed by atoms with Crippen molar-refractivity contribution in [2.45, 2.75) is 63.1 Å². The van der Waals surface area contributed by atoms with Crippen molar-refractivity contribution in [2.24, 2.45) is 0 Å². The summed E-state index contributed by atoms with van der Waals surface area (Å²) in [5, 5.41) is 7.78. The Labute approximate surface area is 201 Å². The lowest BCUT2D eigenvalue weighted by atomic mass is 9.96. The van der Waals surface area contributed by atoms with E-state index in [9.17, 15) is 13.2 Å². The number of thiazole rings is 1. The van der Waals surface area contributed by atoms with Crippen LogP contribution in [0.15, 0.2) is 36.5 Å². The van der Waals surface area contributed by atoms with Crippen molar-refractivity contribution in [2.75, 3.05) is 18.4 Å². The van der Waals surface area contributed by atoms with Crippen molar-refractivity contribution in [3.8, 4) is 21.8 Å². The van der Waals surface area contributed by atoms with Crippen LogP contribution in [0.1, 0.15) is 61.4 Å². The zero-order chi connectivity index (χ0) is 23.5. The molecule has 180 valence electrons. The second-order valence-corrected chi connectivity index (χ2v) is 10.1. The highest BCUT2D eigenvalue weighted by atomic mass is 32.1. The Balaban J connectivity index is 1.53. The van der Waals surface area contributed by atoms with Crippen LogP contribution < -0.4 is 10.6 Å². The molecule has 3 heterocycles. The molecule has 9 heteroatoms. The molecule has 1 saturated heterocycles. The van der Waals surface area contributed by atoms with E-state index >= 15 is 0 Å². The fraction of sp³-hybridized carbons (Fsp3) is 0.480. The van der Waals surface area contributed by atoms with Gasteiger partial charge in [0.15, 0.2) is 0 Å². The summed E-state index contributed by atoms with van der Waals surface area (Å²) in [5.74, 6) is 0.863. The minimum absolute atomic E-state index is 0.297. The third-order valence-electron chi connectivity index (χ3n) is 6.62. The second-order valence-electron chi connectivity index (χ2n) is 9.08. The molecule has 5 nitrogen and oxygen atoms in total. The molecule has 34 heavy (non-hydrogen) atoms. The first-order valence-electron chi connectivity index (χ1n) is 12.0. The minimum Gasteiger partial charge on any atom is -0.351 e. The fourth-order valence-corrected chi connectivity index (χ4v) is 6.00. The van der Waals surface area contributed by atoms with Gasteiger partial charge in [-0.25, -0.2) is 15.0 Å². The van der Waals surface area contributed by atoms with Gasteiger partial charge >= 0.3 is 6.18 Å². The van der Waals surface area contributed by atoms with E-state index in [1.54, 1.807) is 23.6 Å². The van der Waals surface area contributed by atoms with Crippen molar-refractivity contribution >= 4 is 17.3 Å². The molecule has 0 atom stereocenters. The number of halogens is 3. The first-order valence-corrected chi connectivity index (χ1v) is 12.8. The maximum Gasteiger partial charge on any atom is 0.416 e. The summed E-state index contributed by atoms with van der Waals surface area (Å²) in [4.78, 5) is 14.9. The molecular formula is C25H28F3N5S. The molecule has 2 fully saturated rings. The first kappa shape index (κ1) is 23.2. The summed E-state index contributed by atoms with van der Waals surface area (Å²) in [6, 6.07) is 7.61. The number of hydrogen-bond acceptors (Lipinski definition) is 6. The van der Waals surface area contributed by atoms with Gasteiger partial charge in [-0.1, -0.05) is 31.4 Å². The smallest absolute Gasteiger partial charge is 0.351 e. The van der Waals surface area contributed by atoms with E-state index in [0.29, 0.717) is 34.9 Å². The monoisotopic (exact) mass is 487 g/mol. The Kier molecular flexibility index (Phi) is 6.83. The van der Waals surface area contributed by atoms with Crippen LogP contribution in [0.3, 0.4) is 0 Å². The van der Waals surface area contributed by atoms with Gasteiger partial charge in [-0.15, -0.1) is 11.3 Å². The molecule has 0 amide bonds. The van der Waals surface area contributed by atoms with E-state index in [2.05, 4.69) is 15.6 Å². The van der Waals surface area contributed by atoms with Crippen molar-refractivity contribution in [3.05, 3.63) is 47.1 Å². The van der Waals surface area contributed by atoms with Crippen LogP contribution in [0.25, 0.3) is 21.8 Å². The summed E-state index contributed by atoms with van der Waals surface area (Å²) in [7, 11) is 0. The molecule has 2 N–H and O–H groups in total. The predicted octanol–water partition coefficient (Wildman–Crippen LogP) is 6.50. The molecule has 1 saturated carbocycles. The van der Waals surface area contributed by atoms with Gasteiger partial charge in [0, 0.05) is 23.7 Å². The summed E-state index contributed by atoms with van der Waals surface area (Å²) in [5.41, 5.74) is 1.04. The average molecular weight is 488 g/mol. The van der Waals surface area contributed by atoms with Gasteiger partial charge in [-0.05, 0) is 57.0 Å². The predicted molar refractivity (Wildman–Crippen MR) is 129 cm³/mol. The third-order valence-corrected chi connectivity index (χ3v) is 7.86. The Bertz CT molecular complexity index is 1120. The molecule has 2 aromatic heterocycles. The highest BCUT2D eigenvalue weighted by molar-refractivity contribution is 7.15. The maximum absolute atomic E-state index is 13.4. The quantitative estimate of drug-likeness (QED) is 0.430. The van der Waals surface area contributed by atoms with Crippen LogP contribution in [-0.2, 0) is 6.18 Å². The van der Waals surface area contributed by atoms with Gasteiger partial charge in [-0.3, -0.25) is 0 Å². The lowest BCUT2D eigenvalue weighted by Crippen LogP contribution is -2.26. The number of benzene rings is 1. The van der Waals surface area contributed by atoms with Crippen LogP contribution >= 0.6 is 11.3 Å². The van der Waals surface area contributed by atoms with Gasteiger partial charge < -0.3 is 10.6 Å². The van der Waals surface area contributed by atoms with Gasteiger partial charge in [0.1, 0.15) is 0 Å². The highest BCUT2D eigenvalue weighted by Gasteiger charge is 2.31. The number of anilines is 1. The van der Waals surface area contributed by atoms with Crippen LogP contribution in [0, 0.1) is 0 Å². The lowest BCUT2D eigenvalue weighted by molar-refractivity contribution is -0.137. The maximum atomic E-state index is 13.4. The standard InChI is InChI=1S/C25H28F3N5S/c26-25(27,28)18-6-4-5-17(15-18)21-22(34-23(33-21)16-9-12-29-13-10-16)20-11-14-30-24(32-20)31-19-7-2-1-3-8-19/h4-6,11,14-16,19,29H,1-3,7-10,12-13H2,(H,30,31,32). The van der Waals surface area contributed by atoms with Crippen molar-refractivity contribution in [1.29, 1.82) is 0 Å². The third kappa shape index (κ3) is 5.25. The molecule has 2 aliphatic rings. The molecule has 5 rings (SSSR count). The molecule has 1 aliphatic heterocycles. The van der Waals surface area contributed by atoms with E-state index in [1.807, 2.05) is 6.07 Å². The van der Waals surface area contributed by atoms with Gasteiger partial charge in [0.05, 0.1) is 26.8 Å². The molecule has 0 radical (unpaired) electrons. The van der Waals surface area contributed by atoms with Gasteiger partial charge in [0.25, 0.3) is 0 Å². The molecule has 0 bridgehead atoms. The first-order chi connectivity index (χ1) is 16.5. The fourth-order valence-electron chi connectivity index (χ4n) is 4.78. The lowest BCUT2D eigenvalue weighted by Gasteiger charge is -2.22. The second kappa shape index (κ2) is 10.00. The molecule has 1 aliphatic carbocycles. The summed E-state index contributed by atoms with van der Waals surface area (Å²) in [6.07, 6.45) is 5.10. The summed E-state index contributed by atoms with van der Waals surface area (Å²) in [6.45, 7) is 1.84. The zero-order valence-electron chi connectivity index (χ0n) is 18.9. The van der Waals surface area contributed by atoms with Gasteiger partial charge in [-0.2, -0.15) is 13.2 Å². The molecule has 0 unspecified atom stereocenters. The van der Waals surface area contributed by atoms with Crippen LogP contribution in [0.2, 0.25) is 0 Å². The largest absolute Gasteiger partial charge is 0.416 e. The molecule has 0 spiro atoms. The zero-order valence-corrected chi connectivity index (χ0v) is 19.7. The van der Waals surface area contributed by atoms with Crippen molar-refractivity contribution < 1.29 is 13.2 Å². The molecule has 1 aromatic carbocycles. The number of nitrogens with zero attached hydrogens (tertiary/aromatic N) is 3. The van der Waals surface area contributed by atoms with Crippen LogP contribution in [0.5, 0.6) is 0 Å². The Morgan fingerprint density at radius 1 is 0.971 bits per heavy atom. The Morgan fingerprint density at radius 3 is 2.53 bits per heavy atom. The number of alkyl halides is 3. The number of piperidine rings is 1. The SMILES string of the molecule is FC(F)(F)c1cccc(-c2nc(C3CCNCC3)sc2-c2ccnc(NC3CCCCC3)n2)c1. The van der Waals surface area contributed by atoms with Crippen molar-refractivity contribution in [1.82, 2.24) is 20.3 Å². The van der Waals surface area contributed by atoms with Crippen molar-refractivity contribution in [3.63, 3.8) is 0 Å². The van der Waals surface area contributed by atoms with Gasteiger partial charge in [0.2, 0.25) is 5.95 Å². The number of nitrogens with one attached hydrogen (secondary N) is 2. The average Bonchev–Trinajstić information content (AvgIpc) is 3.31. The summed E-state index contributed by atoms with van der Waals surface area (Å²) < 4.78 is 40.3. The minimum atomic E-state index is -4.41.